The molecule has 0 N–H and O–H groups in total. The average Bonchev–Trinajstić information content (AvgIpc) is 2.18. The van der Waals surface area contributed by atoms with Gasteiger partial charge in [0.1, 0.15) is 5.75 Å². The highest BCUT2D eigenvalue weighted by atomic mass is 19.4. The molecule has 0 aromatic heterocycles. The summed E-state index contributed by atoms with van der Waals surface area (Å²) in [6.45, 7) is 3.77. The lowest BCUT2D eigenvalue weighted by molar-refractivity contribution is -0.274. The van der Waals surface area contributed by atoms with Crippen LogP contribution in [-0.2, 0) is 0 Å². The summed E-state index contributed by atoms with van der Waals surface area (Å²) in [5.41, 5.74) is 0.692. The van der Waals surface area contributed by atoms with Crippen LogP contribution in [-0.4, -0.2) is 6.36 Å². The molecule has 1 aromatic carbocycles. The normalized spacial score (nSPS) is 13.2. The smallest absolute Gasteiger partial charge is 0.406 e. The van der Waals surface area contributed by atoms with Gasteiger partial charge >= 0.3 is 6.36 Å². The molecule has 1 unspecified atom stereocenters. The van der Waals surface area contributed by atoms with Gasteiger partial charge in [0.15, 0.2) is 0 Å². The predicted octanol–water partition coefficient (Wildman–Crippen LogP) is 3.85. The minimum atomic E-state index is -4.69. The lowest BCUT2D eigenvalue weighted by Gasteiger charge is -2.14. The van der Waals surface area contributed by atoms with Crippen molar-refractivity contribution in [1.29, 1.82) is 5.26 Å². The molecule has 0 aliphatic rings. The first-order chi connectivity index (χ1) is 7.83. The van der Waals surface area contributed by atoms with Gasteiger partial charge in [-0.05, 0) is 23.6 Å². The van der Waals surface area contributed by atoms with Crippen molar-refractivity contribution in [3.63, 3.8) is 0 Å². The second-order valence-electron chi connectivity index (χ2n) is 3.97. The van der Waals surface area contributed by atoms with Gasteiger partial charge in [-0.3, -0.25) is 0 Å². The van der Waals surface area contributed by atoms with Crippen molar-refractivity contribution in [3.05, 3.63) is 29.8 Å². The molecule has 0 bridgehead atoms. The van der Waals surface area contributed by atoms with Crippen LogP contribution in [0.5, 0.6) is 5.75 Å². The van der Waals surface area contributed by atoms with Gasteiger partial charge in [0.25, 0.3) is 0 Å². The first-order valence-corrected chi connectivity index (χ1v) is 5.09. The van der Waals surface area contributed by atoms with E-state index in [1.807, 2.05) is 13.8 Å². The van der Waals surface area contributed by atoms with E-state index in [-0.39, 0.29) is 17.6 Å². The highest BCUT2D eigenvalue weighted by Crippen LogP contribution is 2.27. The largest absolute Gasteiger partial charge is 0.573 e. The molecular weight excluding hydrogens is 231 g/mol. The Bertz CT molecular complexity index is 403. The quantitative estimate of drug-likeness (QED) is 0.807. The molecule has 5 heteroatoms. The van der Waals surface area contributed by atoms with Crippen molar-refractivity contribution in [3.8, 4) is 11.8 Å². The fraction of sp³-hybridized carbons (Fsp3) is 0.417. The molecule has 0 fully saturated rings. The van der Waals surface area contributed by atoms with Gasteiger partial charge in [-0.25, -0.2) is 0 Å². The van der Waals surface area contributed by atoms with E-state index < -0.39 is 6.36 Å². The molecule has 0 aliphatic carbocycles. The zero-order valence-corrected chi connectivity index (χ0v) is 9.45. The first kappa shape index (κ1) is 13.4. The highest BCUT2D eigenvalue weighted by molar-refractivity contribution is 5.32. The Hall–Kier alpha value is -1.70. The van der Waals surface area contributed by atoms with Crippen LogP contribution in [0.3, 0.4) is 0 Å². The molecule has 0 heterocycles. The number of benzene rings is 1. The van der Waals surface area contributed by atoms with Gasteiger partial charge in [0.2, 0.25) is 0 Å². The summed E-state index contributed by atoms with van der Waals surface area (Å²) in [5, 5.41) is 8.94. The molecule has 0 aliphatic heterocycles. The maximum absolute atomic E-state index is 11.9. The molecule has 1 atom stereocenters. The molecule has 17 heavy (non-hydrogen) atoms. The third kappa shape index (κ3) is 3.99. The molecule has 1 rings (SSSR count). The predicted molar refractivity (Wildman–Crippen MR) is 56.3 cm³/mol. The minimum absolute atomic E-state index is 0.106. The number of nitrogens with zero attached hydrogens (tertiary/aromatic N) is 1. The fourth-order valence-corrected chi connectivity index (χ4v) is 1.49. The Balaban J connectivity index is 2.85. The molecule has 0 spiro atoms. The second-order valence-corrected chi connectivity index (χ2v) is 3.97. The summed E-state index contributed by atoms with van der Waals surface area (Å²) in [4.78, 5) is 0. The number of hydrogen-bond donors (Lipinski definition) is 0. The Morgan fingerprint density at radius 1 is 1.18 bits per heavy atom. The summed E-state index contributed by atoms with van der Waals surface area (Å²) in [5.74, 6) is -0.494. The van der Waals surface area contributed by atoms with Crippen LogP contribution in [0.1, 0.15) is 25.3 Å². The van der Waals surface area contributed by atoms with Gasteiger partial charge in [-0.15, -0.1) is 13.2 Å². The lowest BCUT2D eigenvalue weighted by Crippen LogP contribution is -2.17. The number of ether oxygens (including phenoxy) is 1. The second kappa shape index (κ2) is 5.09. The van der Waals surface area contributed by atoms with Crippen LogP contribution in [0.4, 0.5) is 13.2 Å². The number of rotatable bonds is 3. The number of nitriles is 1. The van der Waals surface area contributed by atoms with Crippen molar-refractivity contribution < 1.29 is 17.9 Å². The van der Waals surface area contributed by atoms with Crippen LogP contribution >= 0.6 is 0 Å². The molecule has 0 saturated carbocycles. The van der Waals surface area contributed by atoms with Crippen molar-refractivity contribution in [2.24, 2.45) is 5.92 Å². The van der Waals surface area contributed by atoms with E-state index in [2.05, 4.69) is 10.8 Å². The summed E-state index contributed by atoms with van der Waals surface area (Å²) >= 11 is 0. The molecule has 2 nitrogen and oxygen atoms in total. The zero-order chi connectivity index (χ0) is 13.1. The molecule has 1 aromatic rings. The van der Waals surface area contributed by atoms with Gasteiger partial charge in [0.05, 0.1) is 12.0 Å². The Morgan fingerprint density at radius 3 is 2.06 bits per heavy atom. The molecule has 92 valence electrons. The van der Waals surface area contributed by atoms with Crippen LogP contribution in [0.25, 0.3) is 0 Å². The summed E-state index contributed by atoms with van der Waals surface area (Å²) in [6, 6.07) is 7.52. The van der Waals surface area contributed by atoms with E-state index in [9.17, 15) is 13.2 Å². The van der Waals surface area contributed by atoms with Crippen molar-refractivity contribution in [2.75, 3.05) is 0 Å². The average molecular weight is 243 g/mol. The number of alkyl halides is 3. The number of hydrogen-bond acceptors (Lipinski definition) is 2. The van der Waals surface area contributed by atoms with Crippen LogP contribution in [0.2, 0.25) is 0 Å². The maximum Gasteiger partial charge on any atom is 0.573 e. The molecule has 0 radical (unpaired) electrons. The van der Waals surface area contributed by atoms with Crippen LogP contribution in [0, 0.1) is 17.2 Å². The van der Waals surface area contributed by atoms with Crippen molar-refractivity contribution >= 4 is 0 Å². The lowest BCUT2D eigenvalue weighted by atomic mass is 9.90. The zero-order valence-electron chi connectivity index (χ0n) is 9.45. The SMILES string of the molecule is CC(C)C(C#N)c1ccc(OC(F)(F)F)cc1. The summed E-state index contributed by atoms with van der Waals surface area (Å²) in [6.07, 6.45) is -4.69. The maximum atomic E-state index is 11.9. The van der Waals surface area contributed by atoms with Gasteiger partial charge in [0, 0.05) is 0 Å². The van der Waals surface area contributed by atoms with Gasteiger partial charge in [-0.1, -0.05) is 26.0 Å². The molecular formula is C12H12F3NO. The Kier molecular flexibility index (Phi) is 4.00. The van der Waals surface area contributed by atoms with E-state index in [1.165, 1.54) is 24.3 Å². The van der Waals surface area contributed by atoms with E-state index in [0.717, 1.165) is 0 Å². The van der Waals surface area contributed by atoms with Gasteiger partial charge < -0.3 is 4.74 Å². The fourth-order valence-electron chi connectivity index (χ4n) is 1.49. The Labute approximate surface area is 97.6 Å². The monoisotopic (exact) mass is 243 g/mol. The standard InChI is InChI=1S/C12H12F3NO/c1-8(2)11(7-16)9-3-5-10(6-4-9)17-12(13,14)15/h3-6,8,11H,1-2H3. The van der Waals surface area contributed by atoms with E-state index in [4.69, 9.17) is 5.26 Å². The highest BCUT2D eigenvalue weighted by Gasteiger charge is 2.31. The van der Waals surface area contributed by atoms with E-state index >= 15 is 0 Å². The number of halogens is 3. The van der Waals surface area contributed by atoms with Gasteiger partial charge in [-0.2, -0.15) is 5.26 Å². The summed E-state index contributed by atoms with van der Waals surface area (Å²) in [7, 11) is 0. The van der Waals surface area contributed by atoms with E-state index in [1.54, 1.807) is 0 Å². The minimum Gasteiger partial charge on any atom is -0.406 e. The van der Waals surface area contributed by atoms with Crippen LogP contribution < -0.4 is 4.74 Å². The van der Waals surface area contributed by atoms with E-state index in [0.29, 0.717) is 5.56 Å². The third-order valence-corrected chi connectivity index (χ3v) is 2.28. The molecule has 0 amide bonds. The topological polar surface area (TPSA) is 33.0 Å². The molecule has 0 saturated heterocycles. The Morgan fingerprint density at radius 2 is 1.71 bits per heavy atom. The van der Waals surface area contributed by atoms with Crippen molar-refractivity contribution in [2.45, 2.75) is 26.1 Å². The third-order valence-electron chi connectivity index (χ3n) is 2.28. The van der Waals surface area contributed by atoms with Crippen molar-refractivity contribution in [1.82, 2.24) is 0 Å². The first-order valence-electron chi connectivity index (χ1n) is 5.09. The van der Waals surface area contributed by atoms with Crippen LogP contribution in [0.15, 0.2) is 24.3 Å². The summed E-state index contributed by atoms with van der Waals surface area (Å²) < 4.78 is 39.5.